The van der Waals surface area contributed by atoms with Gasteiger partial charge in [0, 0.05) is 29.8 Å². The maximum absolute atomic E-state index is 6.40. The largest absolute Gasteiger partial charge is 0.371 e. The van der Waals surface area contributed by atoms with Crippen molar-refractivity contribution in [1.82, 2.24) is 5.32 Å². The molecule has 0 radical (unpaired) electrons. The van der Waals surface area contributed by atoms with Gasteiger partial charge in [-0.25, -0.2) is 0 Å². The molecular weight excluding hydrogens is 244 g/mol. The van der Waals surface area contributed by atoms with Crippen LogP contribution in [0.15, 0.2) is 18.2 Å². The van der Waals surface area contributed by atoms with Crippen LogP contribution in [-0.4, -0.2) is 20.1 Å². The molecule has 18 heavy (non-hydrogen) atoms. The molecular formula is C15H23ClN2. The molecule has 0 spiro atoms. The number of hydrogen-bond acceptors (Lipinski definition) is 2. The average Bonchev–Trinajstić information content (AvgIpc) is 2.66. The molecule has 2 nitrogen and oxygen atoms in total. The molecule has 1 aliphatic rings. The van der Waals surface area contributed by atoms with Crippen LogP contribution in [0.4, 0.5) is 5.69 Å². The molecule has 1 unspecified atom stereocenters. The van der Waals surface area contributed by atoms with E-state index < -0.39 is 0 Å². The molecule has 2 rings (SSSR count). The van der Waals surface area contributed by atoms with Gasteiger partial charge in [-0.2, -0.15) is 0 Å². The first-order valence-corrected chi connectivity index (χ1v) is 7.32. The van der Waals surface area contributed by atoms with Crippen LogP contribution in [0, 0.1) is 0 Å². The van der Waals surface area contributed by atoms with E-state index in [0.717, 1.165) is 18.1 Å². The first kappa shape index (κ1) is 13.7. The highest BCUT2D eigenvalue weighted by atomic mass is 35.5. The summed E-state index contributed by atoms with van der Waals surface area (Å²) < 4.78 is 0. The third kappa shape index (κ3) is 3.18. The van der Waals surface area contributed by atoms with Crippen molar-refractivity contribution < 1.29 is 0 Å². The van der Waals surface area contributed by atoms with Gasteiger partial charge in [0.25, 0.3) is 0 Å². The van der Waals surface area contributed by atoms with Gasteiger partial charge in [0.05, 0.1) is 0 Å². The van der Waals surface area contributed by atoms with Crippen LogP contribution in [0.5, 0.6) is 0 Å². The predicted molar refractivity (Wildman–Crippen MR) is 79.6 cm³/mol. The Morgan fingerprint density at radius 2 is 1.83 bits per heavy atom. The van der Waals surface area contributed by atoms with Gasteiger partial charge in [-0.15, -0.1) is 0 Å². The number of nitrogens with zero attached hydrogens (tertiary/aromatic N) is 1. The van der Waals surface area contributed by atoms with Crippen molar-refractivity contribution in [2.24, 2.45) is 0 Å². The fraction of sp³-hybridized carbons (Fsp3) is 0.600. The Bertz CT molecular complexity index is 384. The van der Waals surface area contributed by atoms with Gasteiger partial charge in [-0.3, -0.25) is 0 Å². The Morgan fingerprint density at radius 1 is 1.17 bits per heavy atom. The van der Waals surface area contributed by atoms with Crippen molar-refractivity contribution in [2.45, 2.75) is 38.6 Å². The number of rotatable bonds is 3. The summed E-state index contributed by atoms with van der Waals surface area (Å²) in [5, 5.41) is 4.11. The van der Waals surface area contributed by atoms with Crippen LogP contribution < -0.4 is 10.2 Å². The SMILES string of the molecule is CNC(C)c1ccc(N2CCCCCC2)cc1Cl. The third-order valence-corrected chi connectivity index (χ3v) is 4.18. The number of hydrogen-bond donors (Lipinski definition) is 1. The molecule has 1 atom stereocenters. The molecule has 0 aromatic heterocycles. The Kier molecular flexibility index (Phi) is 4.90. The minimum atomic E-state index is 0.302. The average molecular weight is 267 g/mol. The molecule has 1 saturated heterocycles. The van der Waals surface area contributed by atoms with Gasteiger partial charge < -0.3 is 10.2 Å². The van der Waals surface area contributed by atoms with Gasteiger partial charge in [0.1, 0.15) is 0 Å². The lowest BCUT2D eigenvalue weighted by Gasteiger charge is -2.24. The van der Waals surface area contributed by atoms with E-state index in [1.54, 1.807) is 0 Å². The zero-order chi connectivity index (χ0) is 13.0. The quantitative estimate of drug-likeness (QED) is 0.890. The maximum atomic E-state index is 6.40. The second-order valence-electron chi connectivity index (χ2n) is 5.12. The second kappa shape index (κ2) is 6.44. The second-order valence-corrected chi connectivity index (χ2v) is 5.52. The smallest absolute Gasteiger partial charge is 0.0474 e. The summed E-state index contributed by atoms with van der Waals surface area (Å²) in [5.74, 6) is 0. The number of anilines is 1. The van der Waals surface area contributed by atoms with Crippen molar-refractivity contribution in [3.63, 3.8) is 0 Å². The summed E-state index contributed by atoms with van der Waals surface area (Å²) in [6.07, 6.45) is 5.32. The van der Waals surface area contributed by atoms with Crippen molar-refractivity contribution in [2.75, 3.05) is 25.0 Å². The van der Waals surface area contributed by atoms with Crippen molar-refractivity contribution >= 4 is 17.3 Å². The molecule has 100 valence electrons. The third-order valence-electron chi connectivity index (χ3n) is 3.85. The van der Waals surface area contributed by atoms with E-state index in [1.807, 2.05) is 7.05 Å². The molecule has 0 saturated carbocycles. The fourth-order valence-electron chi connectivity index (χ4n) is 2.55. The zero-order valence-corrected chi connectivity index (χ0v) is 12.1. The van der Waals surface area contributed by atoms with Crippen molar-refractivity contribution in [3.05, 3.63) is 28.8 Å². The highest BCUT2D eigenvalue weighted by Crippen LogP contribution is 2.29. The minimum absolute atomic E-state index is 0.302. The first-order chi connectivity index (χ1) is 8.72. The van der Waals surface area contributed by atoms with E-state index in [1.165, 1.54) is 36.9 Å². The molecule has 1 N–H and O–H groups in total. The Labute approximate surface area is 115 Å². The topological polar surface area (TPSA) is 15.3 Å². The highest BCUT2D eigenvalue weighted by Gasteiger charge is 2.13. The van der Waals surface area contributed by atoms with Crippen LogP contribution in [0.2, 0.25) is 5.02 Å². The van der Waals surface area contributed by atoms with Crippen LogP contribution in [0.25, 0.3) is 0 Å². The molecule has 1 heterocycles. The van der Waals surface area contributed by atoms with Crippen LogP contribution in [0.1, 0.15) is 44.2 Å². The lowest BCUT2D eigenvalue weighted by Crippen LogP contribution is -2.24. The number of nitrogens with one attached hydrogen (secondary N) is 1. The monoisotopic (exact) mass is 266 g/mol. The molecule has 1 aromatic carbocycles. The van der Waals surface area contributed by atoms with E-state index in [4.69, 9.17) is 11.6 Å². The minimum Gasteiger partial charge on any atom is -0.371 e. The number of halogens is 1. The molecule has 0 bridgehead atoms. The van der Waals surface area contributed by atoms with Crippen LogP contribution in [0.3, 0.4) is 0 Å². The van der Waals surface area contributed by atoms with Crippen molar-refractivity contribution in [3.8, 4) is 0 Å². The molecule has 1 aromatic rings. The van der Waals surface area contributed by atoms with Crippen molar-refractivity contribution in [1.29, 1.82) is 0 Å². The molecule has 0 amide bonds. The summed E-state index contributed by atoms with van der Waals surface area (Å²) in [6, 6.07) is 6.79. The normalized spacial score (nSPS) is 18.5. The summed E-state index contributed by atoms with van der Waals surface area (Å²) in [7, 11) is 1.96. The van der Waals surface area contributed by atoms with Gasteiger partial charge in [-0.05, 0) is 44.5 Å². The standard InChI is InChI=1S/C15H23ClN2/c1-12(17-2)14-8-7-13(11-15(14)16)18-9-5-3-4-6-10-18/h7-8,11-12,17H,3-6,9-10H2,1-2H3. The molecule has 1 fully saturated rings. The summed E-state index contributed by atoms with van der Waals surface area (Å²) >= 11 is 6.40. The molecule has 0 aliphatic carbocycles. The fourth-order valence-corrected chi connectivity index (χ4v) is 2.89. The summed E-state index contributed by atoms with van der Waals surface area (Å²) in [6.45, 7) is 4.46. The van der Waals surface area contributed by atoms with Gasteiger partial charge in [-0.1, -0.05) is 30.5 Å². The first-order valence-electron chi connectivity index (χ1n) is 6.94. The van der Waals surface area contributed by atoms with E-state index >= 15 is 0 Å². The lowest BCUT2D eigenvalue weighted by molar-refractivity contribution is 0.652. The Hall–Kier alpha value is -0.730. The van der Waals surface area contributed by atoms with E-state index in [2.05, 4.69) is 35.3 Å². The van der Waals surface area contributed by atoms with Gasteiger partial charge in [0.2, 0.25) is 0 Å². The Morgan fingerprint density at radius 3 is 2.39 bits per heavy atom. The van der Waals surface area contributed by atoms with Crippen LogP contribution in [-0.2, 0) is 0 Å². The highest BCUT2D eigenvalue weighted by molar-refractivity contribution is 6.31. The van der Waals surface area contributed by atoms with E-state index in [-0.39, 0.29) is 0 Å². The molecule has 3 heteroatoms. The summed E-state index contributed by atoms with van der Waals surface area (Å²) in [4.78, 5) is 2.46. The predicted octanol–water partition coefficient (Wildman–Crippen LogP) is 4.00. The number of benzene rings is 1. The van der Waals surface area contributed by atoms with Gasteiger partial charge >= 0.3 is 0 Å². The molecule has 1 aliphatic heterocycles. The zero-order valence-electron chi connectivity index (χ0n) is 11.4. The van der Waals surface area contributed by atoms with E-state index in [9.17, 15) is 0 Å². The Balaban J connectivity index is 2.16. The lowest BCUT2D eigenvalue weighted by atomic mass is 10.1. The van der Waals surface area contributed by atoms with E-state index in [0.29, 0.717) is 6.04 Å². The van der Waals surface area contributed by atoms with Crippen LogP contribution >= 0.6 is 11.6 Å². The maximum Gasteiger partial charge on any atom is 0.0474 e. The summed E-state index contributed by atoms with van der Waals surface area (Å²) in [5.41, 5.74) is 2.45. The van der Waals surface area contributed by atoms with Gasteiger partial charge in [0.15, 0.2) is 0 Å².